The molecule has 0 unspecified atom stereocenters. The molecule has 0 radical (unpaired) electrons. The highest BCUT2D eigenvalue weighted by atomic mass is 127. The molecule has 0 saturated heterocycles. The van der Waals surface area contributed by atoms with Gasteiger partial charge in [-0.05, 0) is 58.2 Å². The van der Waals surface area contributed by atoms with Gasteiger partial charge in [-0.15, -0.1) is 0 Å². The van der Waals surface area contributed by atoms with E-state index in [1.165, 1.54) is 3.58 Å². The van der Waals surface area contributed by atoms with Crippen molar-refractivity contribution >= 4 is 30.9 Å². The molecule has 0 fully saturated rings. The van der Waals surface area contributed by atoms with Gasteiger partial charge in [0.15, 0.2) is 8.32 Å². The van der Waals surface area contributed by atoms with Crippen LogP contribution in [-0.2, 0) is 4.43 Å². The molecule has 1 N–H and O–H groups in total. The van der Waals surface area contributed by atoms with Crippen LogP contribution in [0.15, 0.2) is 9.66 Å². The van der Waals surface area contributed by atoms with Crippen LogP contribution in [0.4, 0.5) is 0 Å². The molecule has 3 atom stereocenters. The number of halogens is 1. The van der Waals surface area contributed by atoms with Crippen molar-refractivity contribution in [1.82, 2.24) is 0 Å². The fourth-order valence-corrected chi connectivity index (χ4v) is 3.63. The van der Waals surface area contributed by atoms with E-state index in [-0.39, 0.29) is 17.1 Å². The second kappa shape index (κ2) is 6.86. The van der Waals surface area contributed by atoms with Crippen LogP contribution in [0.1, 0.15) is 41.5 Å². The minimum atomic E-state index is -1.84. The van der Waals surface area contributed by atoms with Gasteiger partial charge in [0, 0.05) is 5.92 Å². The van der Waals surface area contributed by atoms with Gasteiger partial charge in [0.2, 0.25) is 0 Å². The van der Waals surface area contributed by atoms with Crippen LogP contribution in [0.3, 0.4) is 0 Å². The van der Waals surface area contributed by atoms with Crippen molar-refractivity contribution in [3.05, 3.63) is 9.66 Å². The van der Waals surface area contributed by atoms with E-state index in [2.05, 4.69) is 76.4 Å². The Balaban J connectivity index is 5.01. The minimum Gasteiger partial charge on any atom is -0.411 e. The smallest absolute Gasteiger partial charge is 0.192 e. The van der Waals surface area contributed by atoms with Gasteiger partial charge in [-0.3, -0.25) is 0 Å². The quantitative estimate of drug-likeness (QED) is 0.548. The summed E-state index contributed by atoms with van der Waals surface area (Å²) in [5.41, 5.74) is 0. The van der Waals surface area contributed by atoms with Crippen molar-refractivity contribution in [2.45, 2.75) is 71.9 Å². The van der Waals surface area contributed by atoms with Crippen LogP contribution in [0, 0.1) is 5.92 Å². The number of rotatable bonds is 5. The van der Waals surface area contributed by atoms with Crippen molar-refractivity contribution in [2.75, 3.05) is 0 Å². The molecule has 2 nitrogen and oxygen atoms in total. The Kier molecular flexibility index (Phi) is 7.09. The summed E-state index contributed by atoms with van der Waals surface area (Å²) in [6.07, 6.45) is 1.61. The van der Waals surface area contributed by atoms with Crippen LogP contribution >= 0.6 is 22.6 Å². The second-order valence-corrected chi connectivity index (χ2v) is 13.2. The Hall–Kier alpha value is 0.607. The maximum atomic E-state index is 9.99. The van der Waals surface area contributed by atoms with Crippen LogP contribution in [0.2, 0.25) is 18.1 Å². The van der Waals surface area contributed by atoms with E-state index in [9.17, 15) is 5.11 Å². The Labute approximate surface area is 127 Å². The molecule has 0 rings (SSSR count). The summed E-state index contributed by atoms with van der Waals surface area (Å²) in [4.78, 5) is 0. The summed E-state index contributed by atoms with van der Waals surface area (Å²) >= 11 is 2.30. The topological polar surface area (TPSA) is 29.5 Å². The average Bonchev–Trinajstić information content (AvgIpc) is 2.10. The van der Waals surface area contributed by atoms with E-state index >= 15 is 0 Å². The molecule has 0 bridgehead atoms. The number of hydrogen-bond donors (Lipinski definition) is 1. The van der Waals surface area contributed by atoms with Gasteiger partial charge in [0.25, 0.3) is 0 Å². The molecule has 0 saturated carbocycles. The zero-order valence-electron chi connectivity index (χ0n) is 13.0. The van der Waals surface area contributed by atoms with Gasteiger partial charge in [-0.25, -0.2) is 0 Å². The first kappa shape index (κ1) is 18.6. The van der Waals surface area contributed by atoms with Crippen molar-refractivity contribution in [3.63, 3.8) is 0 Å². The molecule has 0 aliphatic heterocycles. The van der Waals surface area contributed by atoms with E-state index < -0.39 is 14.4 Å². The van der Waals surface area contributed by atoms with Gasteiger partial charge >= 0.3 is 0 Å². The third kappa shape index (κ3) is 5.71. The monoisotopic (exact) mass is 384 g/mol. The fraction of sp³-hybridized carbons (Fsp3) is 0.857. The molecule has 0 spiro atoms. The summed E-state index contributed by atoms with van der Waals surface area (Å²) in [5, 5.41) is 10.2. The van der Waals surface area contributed by atoms with Crippen LogP contribution in [-0.4, -0.2) is 25.6 Å². The molecule has 18 heavy (non-hydrogen) atoms. The maximum absolute atomic E-state index is 9.99. The van der Waals surface area contributed by atoms with Gasteiger partial charge in [0.1, 0.15) is 0 Å². The highest BCUT2D eigenvalue weighted by Crippen LogP contribution is 2.38. The highest BCUT2D eigenvalue weighted by molar-refractivity contribution is 14.1. The molecule has 0 aliphatic carbocycles. The van der Waals surface area contributed by atoms with E-state index in [0.29, 0.717) is 0 Å². The van der Waals surface area contributed by atoms with E-state index in [1.54, 1.807) is 0 Å². The number of aliphatic hydroxyl groups excluding tert-OH is 1. The molecule has 0 aromatic rings. The highest BCUT2D eigenvalue weighted by Gasteiger charge is 2.40. The normalized spacial score (nSPS) is 19.6. The van der Waals surface area contributed by atoms with Crippen LogP contribution in [0.5, 0.6) is 0 Å². The number of aliphatic hydroxyl groups is 1. The van der Waals surface area contributed by atoms with E-state index in [4.69, 9.17) is 4.43 Å². The standard InChI is InChI=1S/C14H29IO2Si/c1-10(9-11(2)15)13(12(3)16)17-18(7,8)14(4,5)6/h9-10,12-13,16H,1-8H3/t10-,12+,13+/m1/s1. The molecular formula is C14H29IO2Si. The Morgan fingerprint density at radius 2 is 1.72 bits per heavy atom. The van der Waals surface area contributed by atoms with Crippen LogP contribution in [0.25, 0.3) is 0 Å². The SMILES string of the molecule is CC(I)=C[C@@H](C)[C@H](O[Si](C)(C)C(C)(C)C)[C@H](C)O. The lowest BCUT2D eigenvalue weighted by Gasteiger charge is -2.41. The first-order chi connectivity index (χ1) is 7.88. The van der Waals surface area contributed by atoms with E-state index in [0.717, 1.165) is 0 Å². The molecular weight excluding hydrogens is 355 g/mol. The molecule has 0 amide bonds. The average molecular weight is 384 g/mol. The molecule has 0 aromatic heterocycles. The maximum Gasteiger partial charge on any atom is 0.192 e. The van der Waals surface area contributed by atoms with Crippen molar-refractivity contribution in [3.8, 4) is 0 Å². The lowest BCUT2D eigenvalue weighted by molar-refractivity contribution is 0.0181. The molecule has 0 heterocycles. The lowest BCUT2D eigenvalue weighted by atomic mass is 10.0. The molecule has 0 aromatic carbocycles. The third-order valence-corrected chi connectivity index (χ3v) is 8.56. The Morgan fingerprint density at radius 3 is 2.00 bits per heavy atom. The van der Waals surface area contributed by atoms with Crippen LogP contribution < -0.4 is 0 Å². The second-order valence-electron chi connectivity index (χ2n) is 6.70. The first-order valence-corrected chi connectivity index (χ1v) is 10.6. The van der Waals surface area contributed by atoms with Gasteiger partial charge in [-0.1, -0.05) is 33.8 Å². The third-order valence-electron chi connectivity index (χ3n) is 3.72. The van der Waals surface area contributed by atoms with Gasteiger partial charge in [-0.2, -0.15) is 0 Å². The Bertz CT molecular complexity index is 289. The molecule has 0 aliphatic rings. The molecule has 108 valence electrons. The number of allylic oxidation sites excluding steroid dienone is 1. The van der Waals surface area contributed by atoms with E-state index in [1.807, 2.05) is 6.92 Å². The van der Waals surface area contributed by atoms with Crippen molar-refractivity contribution in [1.29, 1.82) is 0 Å². The van der Waals surface area contributed by atoms with Crippen molar-refractivity contribution in [2.24, 2.45) is 5.92 Å². The predicted molar refractivity (Wildman–Crippen MR) is 90.7 cm³/mol. The largest absolute Gasteiger partial charge is 0.411 e. The zero-order chi connectivity index (χ0) is 14.7. The minimum absolute atomic E-state index is 0.115. The van der Waals surface area contributed by atoms with Crippen molar-refractivity contribution < 1.29 is 9.53 Å². The van der Waals surface area contributed by atoms with Gasteiger partial charge < -0.3 is 9.53 Å². The van der Waals surface area contributed by atoms with Gasteiger partial charge in [0.05, 0.1) is 12.2 Å². The predicted octanol–water partition coefficient (Wildman–Crippen LogP) is 4.73. The lowest BCUT2D eigenvalue weighted by Crippen LogP contribution is -2.48. The zero-order valence-corrected chi connectivity index (χ0v) is 16.2. The Morgan fingerprint density at radius 1 is 1.28 bits per heavy atom. The first-order valence-electron chi connectivity index (χ1n) is 6.58. The summed E-state index contributed by atoms with van der Waals surface area (Å²) in [6, 6.07) is 0. The summed E-state index contributed by atoms with van der Waals surface area (Å²) in [7, 11) is -1.84. The number of hydrogen-bond acceptors (Lipinski definition) is 2. The fourth-order valence-electron chi connectivity index (χ4n) is 1.62. The summed E-state index contributed by atoms with van der Waals surface area (Å²) < 4.78 is 7.61. The summed E-state index contributed by atoms with van der Waals surface area (Å²) in [5.74, 6) is 0.232. The molecule has 4 heteroatoms. The summed E-state index contributed by atoms with van der Waals surface area (Å²) in [6.45, 7) is 17.2.